The molecule has 6 nitrogen and oxygen atoms in total. The highest BCUT2D eigenvalue weighted by Gasteiger charge is 2.28. The predicted molar refractivity (Wildman–Crippen MR) is 80.2 cm³/mol. The molecule has 0 bridgehead atoms. The van der Waals surface area contributed by atoms with E-state index in [1.165, 1.54) is 6.07 Å². The summed E-state index contributed by atoms with van der Waals surface area (Å²) in [5, 5.41) is 24.5. The van der Waals surface area contributed by atoms with Crippen LogP contribution in [0, 0.1) is 0 Å². The summed E-state index contributed by atoms with van der Waals surface area (Å²) in [6.45, 7) is 0.439. The zero-order valence-corrected chi connectivity index (χ0v) is 11.6. The van der Waals surface area contributed by atoms with Crippen molar-refractivity contribution in [1.82, 2.24) is 5.32 Å². The molecule has 22 heavy (non-hydrogen) atoms. The fourth-order valence-electron chi connectivity index (χ4n) is 2.48. The molecule has 2 aromatic carbocycles. The Balaban J connectivity index is 1.75. The van der Waals surface area contributed by atoms with Crippen LogP contribution in [-0.4, -0.2) is 28.6 Å². The molecule has 2 amide bonds. The van der Waals surface area contributed by atoms with Gasteiger partial charge in [-0.2, -0.15) is 0 Å². The first-order valence-electron chi connectivity index (χ1n) is 6.80. The molecular formula is C16H14N2O4. The number of anilines is 1. The molecule has 1 heterocycles. The number of para-hydroxylation sites is 1. The minimum atomic E-state index is -0.414. The number of rotatable bonds is 4. The van der Waals surface area contributed by atoms with E-state index in [1.807, 2.05) is 0 Å². The van der Waals surface area contributed by atoms with Crippen LogP contribution in [0.5, 0.6) is 11.5 Å². The molecule has 3 rings (SSSR count). The van der Waals surface area contributed by atoms with Gasteiger partial charge in [-0.15, -0.1) is 0 Å². The van der Waals surface area contributed by atoms with Crippen molar-refractivity contribution in [3.8, 4) is 11.5 Å². The summed E-state index contributed by atoms with van der Waals surface area (Å²) in [6.07, 6.45) is 0.458. The van der Waals surface area contributed by atoms with Crippen LogP contribution in [0.4, 0.5) is 5.69 Å². The van der Waals surface area contributed by atoms with E-state index in [1.54, 1.807) is 30.3 Å². The van der Waals surface area contributed by atoms with E-state index in [4.69, 9.17) is 0 Å². The van der Waals surface area contributed by atoms with Crippen molar-refractivity contribution in [2.45, 2.75) is 6.42 Å². The third-order valence-electron chi connectivity index (χ3n) is 3.57. The van der Waals surface area contributed by atoms with Gasteiger partial charge >= 0.3 is 0 Å². The smallest absolute Gasteiger partial charge is 0.261 e. The standard InChI is InChI=1S/C16H14N2O4/c19-12-6-1-3-9(14(12)20)7-8-17-11-5-2-4-10-13(11)16(22)18-15(10)21/h1-6,17,19-20H,7-8H2,(H,18,21,22). The highest BCUT2D eigenvalue weighted by Crippen LogP contribution is 2.29. The lowest BCUT2D eigenvalue weighted by atomic mass is 10.1. The molecule has 4 N–H and O–H groups in total. The topological polar surface area (TPSA) is 98.7 Å². The van der Waals surface area contributed by atoms with Crippen molar-refractivity contribution >= 4 is 17.5 Å². The zero-order valence-electron chi connectivity index (χ0n) is 11.6. The molecule has 2 aromatic rings. The Morgan fingerprint density at radius 3 is 2.59 bits per heavy atom. The number of aromatic hydroxyl groups is 2. The first kappa shape index (κ1) is 13.9. The number of nitrogens with one attached hydrogen (secondary N) is 2. The number of benzene rings is 2. The summed E-state index contributed by atoms with van der Waals surface area (Å²) >= 11 is 0. The van der Waals surface area contributed by atoms with E-state index < -0.39 is 11.8 Å². The minimum Gasteiger partial charge on any atom is -0.504 e. The maximum absolute atomic E-state index is 11.8. The van der Waals surface area contributed by atoms with E-state index in [-0.39, 0.29) is 11.5 Å². The molecule has 0 spiro atoms. The number of hydrogen-bond donors (Lipinski definition) is 4. The Morgan fingerprint density at radius 1 is 1.00 bits per heavy atom. The van der Waals surface area contributed by atoms with E-state index >= 15 is 0 Å². The van der Waals surface area contributed by atoms with E-state index in [9.17, 15) is 19.8 Å². The van der Waals surface area contributed by atoms with Gasteiger partial charge < -0.3 is 15.5 Å². The summed E-state index contributed by atoms with van der Waals surface area (Å²) in [5.74, 6) is -1.11. The fourth-order valence-corrected chi connectivity index (χ4v) is 2.48. The van der Waals surface area contributed by atoms with Crippen LogP contribution in [0.1, 0.15) is 26.3 Å². The van der Waals surface area contributed by atoms with Gasteiger partial charge in [0.15, 0.2) is 11.5 Å². The molecule has 1 aliphatic heterocycles. The maximum Gasteiger partial charge on any atom is 0.261 e. The lowest BCUT2D eigenvalue weighted by Gasteiger charge is -2.10. The van der Waals surface area contributed by atoms with Crippen molar-refractivity contribution in [2.75, 3.05) is 11.9 Å². The maximum atomic E-state index is 11.8. The number of carbonyl (C=O) groups excluding carboxylic acids is 2. The highest BCUT2D eigenvalue weighted by molar-refractivity contribution is 6.23. The minimum absolute atomic E-state index is 0.143. The quantitative estimate of drug-likeness (QED) is 0.508. The highest BCUT2D eigenvalue weighted by atomic mass is 16.3. The van der Waals surface area contributed by atoms with Crippen molar-refractivity contribution in [1.29, 1.82) is 0 Å². The third-order valence-corrected chi connectivity index (χ3v) is 3.57. The second-order valence-electron chi connectivity index (χ2n) is 4.97. The molecule has 0 saturated carbocycles. The Bertz CT molecular complexity index is 771. The predicted octanol–water partition coefficient (Wildman–Crippen LogP) is 1.64. The van der Waals surface area contributed by atoms with Gasteiger partial charge in [0.25, 0.3) is 11.8 Å². The van der Waals surface area contributed by atoms with Crippen LogP contribution >= 0.6 is 0 Å². The van der Waals surface area contributed by atoms with Gasteiger partial charge in [-0.25, -0.2) is 0 Å². The Kier molecular flexibility index (Phi) is 3.42. The van der Waals surface area contributed by atoms with Crippen LogP contribution < -0.4 is 10.6 Å². The number of phenols is 2. The van der Waals surface area contributed by atoms with Crippen LogP contribution in [0.3, 0.4) is 0 Å². The number of imide groups is 1. The lowest BCUT2D eigenvalue weighted by Crippen LogP contribution is -2.20. The molecule has 6 heteroatoms. The van der Waals surface area contributed by atoms with Crippen molar-refractivity contribution in [3.05, 3.63) is 53.1 Å². The molecule has 0 saturated heterocycles. The van der Waals surface area contributed by atoms with Gasteiger partial charge in [0.05, 0.1) is 11.1 Å². The molecule has 0 aromatic heterocycles. The van der Waals surface area contributed by atoms with Gasteiger partial charge in [-0.05, 0) is 30.2 Å². The van der Waals surface area contributed by atoms with Gasteiger partial charge in [-0.1, -0.05) is 18.2 Å². The van der Waals surface area contributed by atoms with Crippen molar-refractivity contribution in [3.63, 3.8) is 0 Å². The SMILES string of the molecule is O=C1NC(=O)c2c(NCCc3cccc(O)c3O)cccc21. The molecule has 1 aliphatic rings. The second-order valence-corrected chi connectivity index (χ2v) is 4.97. The Morgan fingerprint density at radius 2 is 1.77 bits per heavy atom. The summed E-state index contributed by atoms with van der Waals surface area (Å²) in [5.41, 5.74) is 1.86. The van der Waals surface area contributed by atoms with Gasteiger partial charge in [-0.3, -0.25) is 14.9 Å². The van der Waals surface area contributed by atoms with E-state index in [2.05, 4.69) is 10.6 Å². The first-order valence-corrected chi connectivity index (χ1v) is 6.80. The molecule has 0 aliphatic carbocycles. The van der Waals surface area contributed by atoms with Gasteiger partial charge in [0, 0.05) is 12.2 Å². The van der Waals surface area contributed by atoms with Gasteiger partial charge in [0.2, 0.25) is 0 Å². The second kappa shape index (κ2) is 5.40. The lowest BCUT2D eigenvalue weighted by molar-refractivity contribution is 0.0880. The average molecular weight is 298 g/mol. The van der Waals surface area contributed by atoms with E-state index in [0.717, 1.165) is 0 Å². The Hall–Kier alpha value is -3.02. The normalized spacial score (nSPS) is 12.9. The van der Waals surface area contributed by atoms with Crippen LogP contribution in [0.2, 0.25) is 0 Å². The summed E-state index contributed by atoms with van der Waals surface area (Å²) in [7, 11) is 0. The fraction of sp³-hybridized carbons (Fsp3) is 0.125. The van der Waals surface area contributed by atoms with Crippen LogP contribution in [0.15, 0.2) is 36.4 Å². The summed E-state index contributed by atoms with van der Waals surface area (Å²) in [6, 6.07) is 9.79. The number of carbonyl (C=O) groups is 2. The van der Waals surface area contributed by atoms with Crippen molar-refractivity contribution < 1.29 is 19.8 Å². The van der Waals surface area contributed by atoms with E-state index in [0.29, 0.717) is 35.3 Å². The summed E-state index contributed by atoms with van der Waals surface area (Å²) < 4.78 is 0. The van der Waals surface area contributed by atoms with Crippen LogP contribution in [0.25, 0.3) is 0 Å². The number of amides is 2. The number of phenolic OH excluding ortho intramolecular Hbond substituents is 2. The number of fused-ring (bicyclic) bond motifs is 1. The largest absolute Gasteiger partial charge is 0.504 e. The van der Waals surface area contributed by atoms with Crippen molar-refractivity contribution in [2.24, 2.45) is 0 Å². The molecule has 0 fully saturated rings. The molecule has 0 radical (unpaired) electrons. The van der Waals surface area contributed by atoms with Gasteiger partial charge in [0.1, 0.15) is 0 Å². The summed E-state index contributed by atoms with van der Waals surface area (Å²) in [4.78, 5) is 23.4. The average Bonchev–Trinajstić information content (AvgIpc) is 2.79. The van der Waals surface area contributed by atoms with Crippen LogP contribution in [-0.2, 0) is 6.42 Å². The number of hydrogen-bond acceptors (Lipinski definition) is 5. The Labute approximate surface area is 126 Å². The first-order chi connectivity index (χ1) is 10.6. The molecule has 112 valence electrons. The monoisotopic (exact) mass is 298 g/mol. The molecular weight excluding hydrogens is 284 g/mol. The molecule has 0 atom stereocenters. The molecule has 0 unspecified atom stereocenters. The zero-order chi connectivity index (χ0) is 15.7. The third kappa shape index (κ3) is 2.35.